The third-order valence-electron chi connectivity index (χ3n) is 4.02. The number of nitrogens with zero attached hydrogens (tertiary/aromatic N) is 1. The number of carbonyl (C=O) groups excluding carboxylic acids is 1. The molecule has 0 aromatic carbocycles. The van der Waals surface area contributed by atoms with Gasteiger partial charge in [0.15, 0.2) is 0 Å². The van der Waals surface area contributed by atoms with Crippen LogP contribution in [-0.4, -0.2) is 55.7 Å². The first-order valence-electron chi connectivity index (χ1n) is 7.75. The quantitative estimate of drug-likeness (QED) is 0.463. The third-order valence-corrected chi connectivity index (χ3v) is 4.02. The zero-order chi connectivity index (χ0) is 17.1. The van der Waals surface area contributed by atoms with E-state index in [2.05, 4.69) is 26.5 Å². The van der Waals surface area contributed by atoms with E-state index in [1.54, 1.807) is 0 Å². The second kappa shape index (κ2) is 6.63. The van der Waals surface area contributed by atoms with Crippen LogP contribution in [0.3, 0.4) is 0 Å². The number of carbonyl (C=O) groups is 1. The van der Waals surface area contributed by atoms with Crippen molar-refractivity contribution in [3.8, 4) is 0 Å². The maximum atomic E-state index is 12.7. The standard InChI is InChI=1S/C16H36N4O/c1-14(2,17)12-16(5,15(3,4)18)13(21)19-10-9-11-20(6,7)8/h9-12,17-18H2,1-8H3/p+1. The van der Waals surface area contributed by atoms with Crippen molar-refractivity contribution in [1.29, 1.82) is 0 Å². The fourth-order valence-corrected chi connectivity index (χ4v) is 2.46. The Morgan fingerprint density at radius 3 is 1.86 bits per heavy atom. The van der Waals surface area contributed by atoms with Crippen molar-refractivity contribution < 1.29 is 9.28 Å². The molecule has 0 aliphatic heterocycles. The maximum Gasteiger partial charge on any atom is 0.227 e. The van der Waals surface area contributed by atoms with Crippen LogP contribution in [0, 0.1) is 5.41 Å². The molecule has 5 N–H and O–H groups in total. The molecule has 21 heavy (non-hydrogen) atoms. The van der Waals surface area contributed by atoms with Crippen molar-refractivity contribution in [2.75, 3.05) is 34.2 Å². The molecule has 0 saturated heterocycles. The molecule has 5 heteroatoms. The molecule has 0 rings (SSSR count). The van der Waals surface area contributed by atoms with Gasteiger partial charge in [-0.25, -0.2) is 0 Å². The summed E-state index contributed by atoms with van der Waals surface area (Å²) in [6.07, 6.45) is 1.49. The molecule has 0 radical (unpaired) electrons. The van der Waals surface area contributed by atoms with E-state index >= 15 is 0 Å². The molecule has 0 aliphatic rings. The zero-order valence-electron chi connectivity index (χ0n) is 15.3. The van der Waals surface area contributed by atoms with Gasteiger partial charge in [-0.3, -0.25) is 4.79 Å². The molecule has 1 unspecified atom stereocenters. The van der Waals surface area contributed by atoms with E-state index in [9.17, 15) is 4.79 Å². The fraction of sp³-hybridized carbons (Fsp3) is 0.938. The molecule has 0 aromatic rings. The Morgan fingerprint density at radius 2 is 1.52 bits per heavy atom. The van der Waals surface area contributed by atoms with Crippen LogP contribution in [-0.2, 0) is 4.79 Å². The minimum Gasteiger partial charge on any atom is -0.355 e. The molecular weight excluding hydrogens is 264 g/mol. The molecule has 126 valence electrons. The summed E-state index contributed by atoms with van der Waals surface area (Å²) in [7, 11) is 6.43. The molecule has 0 aliphatic carbocycles. The lowest BCUT2D eigenvalue weighted by Gasteiger charge is -2.43. The van der Waals surface area contributed by atoms with Crippen LogP contribution >= 0.6 is 0 Å². The van der Waals surface area contributed by atoms with Crippen molar-refractivity contribution in [3.05, 3.63) is 0 Å². The normalized spacial score (nSPS) is 16.5. The van der Waals surface area contributed by atoms with Crippen LogP contribution < -0.4 is 16.8 Å². The minimum atomic E-state index is -0.693. The summed E-state index contributed by atoms with van der Waals surface area (Å²) < 4.78 is 0.894. The number of nitrogens with two attached hydrogens (primary N) is 2. The van der Waals surface area contributed by atoms with Crippen molar-refractivity contribution in [3.63, 3.8) is 0 Å². The molecule has 1 amide bonds. The lowest BCUT2D eigenvalue weighted by atomic mass is 9.66. The van der Waals surface area contributed by atoms with Crippen molar-refractivity contribution in [1.82, 2.24) is 5.32 Å². The molecule has 0 bridgehead atoms. The first-order chi connectivity index (χ1) is 9.08. The van der Waals surface area contributed by atoms with E-state index in [1.165, 1.54) is 0 Å². The molecule has 0 heterocycles. The largest absolute Gasteiger partial charge is 0.355 e. The van der Waals surface area contributed by atoms with Gasteiger partial charge < -0.3 is 21.3 Å². The number of hydrogen-bond donors (Lipinski definition) is 3. The van der Waals surface area contributed by atoms with Crippen LogP contribution in [0.1, 0.15) is 47.5 Å². The topological polar surface area (TPSA) is 81.1 Å². The van der Waals surface area contributed by atoms with Gasteiger partial charge in [0.1, 0.15) is 0 Å². The smallest absolute Gasteiger partial charge is 0.227 e. The number of rotatable bonds is 8. The summed E-state index contributed by atoms with van der Waals surface area (Å²) in [4.78, 5) is 12.7. The molecule has 0 spiro atoms. The maximum absolute atomic E-state index is 12.7. The Morgan fingerprint density at radius 1 is 1.05 bits per heavy atom. The van der Waals surface area contributed by atoms with Gasteiger partial charge in [0, 0.05) is 24.0 Å². The highest BCUT2D eigenvalue weighted by atomic mass is 16.2. The molecule has 5 nitrogen and oxygen atoms in total. The first kappa shape index (κ1) is 20.3. The molecule has 1 atom stereocenters. The number of amides is 1. The second-order valence-corrected chi connectivity index (χ2v) is 8.84. The van der Waals surface area contributed by atoms with Gasteiger partial charge in [0.25, 0.3) is 0 Å². The highest BCUT2D eigenvalue weighted by molar-refractivity contribution is 5.83. The van der Waals surface area contributed by atoms with Crippen molar-refractivity contribution in [2.45, 2.75) is 58.5 Å². The van der Waals surface area contributed by atoms with Crippen LogP contribution in [0.25, 0.3) is 0 Å². The average molecular weight is 301 g/mol. The Bertz CT molecular complexity index is 347. The summed E-state index contributed by atoms with van der Waals surface area (Å²) in [6, 6.07) is 0. The number of quaternary nitrogens is 1. The fourth-order valence-electron chi connectivity index (χ4n) is 2.46. The van der Waals surface area contributed by atoms with E-state index < -0.39 is 16.5 Å². The third kappa shape index (κ3) is 7.25. The number of hydrogen-bond acceptors (Lipinski definition) is 3. The van der Waals surface area contributed by atoms with Gasteiger partial charge in [-0.2, -0.15) is 0 Å². The van der Waals surface area contributed by atoms with E-state index in [0.29, 0.717) is 13.0 Å². The van der Waals surface area contributed by atoms with Gasteiger partial charge >= 0.3 is 0 Å². The van der Waals surface area contributed by atoms with Crippen LogP contribution in [0.5, 0.6) is 0 Å². The van der Waals surface area contributed by atoms with Crippen LogP contribution in [0.15, 0.2) is 0 Å². The summed E-state index contributed by atoms with van der Waals surface area (Å²) in [6.45, 7) is 11.3. The van der Waals surface area contributed by atoms with Gasteiger partial charge in [-0.1, -0.05) is 0 Å². The van der Waals surface area contributed by atoms with Gasteiger partial charge in [-0.15, -0.1) is 0 Å². The predicted molar refractivity (Wildman–Crippen MR) is 89.8 cm³/mol. The second-order valence-electron chi connectivity index (χ2n) is 8.84. The predicted octanol–water partition coefficient (Wildman–Crippen LogP) is 1.07. The van der Waals surface area contributed by atoms with E-state index in [0.717, 1.165) is 17.4 Å². The molecular formula is C16H37N4O+. The lowest BCUT2D eigenvalue weighted by Crippen LogP contribution is -2.60. The summed E-state index contributed by atoms with van der Waals surface area (Å²) in [5, 5.41) is 3.04. The van der Waals surface area contributed by atoms with Gasteiger partial charge in [0.05, 0.1) is 33.1 Å². The van der Waals surface area contributed by atoms with Gasteiger partial charge in [0.2, 0.25) is 5.91 Å². The van der Waals surface area contributed by atoms with Gasteiger partial charge in [-0.05, 0) is 41.0 Å². The Balaban J connectivity index is 4.77. The van der Waals surface area contributed by atoms with Crippen molar-refractivity contribution in [2.24, 2.45) is 16.9 Å². The molecule has 0 fully saturated rings. The first-order valence-corrected chi connectivity index (χ1v) is 7.75. The highest BCUT2D eigenvalue weighted by Crippen LogP contribution is 2.36. The minimum absolute atomic E-state index is 0.00469. The molecule has 0 saturated carbocycles. The summed E-state index contributed by atoms with van der Waals surface area (Å²) >= 11 is 0. The molecule has 0 aromatic heterocycles. The Kier molecular flexibility index (Phi) is 6.42. The Labute approximate surface area is 131 Å². The summed E-state index contributed by atoms with van der Waals surface area (Å²) in [5.41, 5.74) is 10.6. The highest BCUT2D eigenvalue weighted by Gasteiger charge is 2.47. The lowest BCUT2D eigenvalue weighted by molar-refractivity contribution is -0.870. The summed E-state index contributed by atoms with van der Waals surface area (Å²) in [5.74, 6) is -0.00469. The average Bonchev–Trinajstić information content (AvgIpc) is 2.18. The van der Waals surface area contributed by atoms with E-state index in [-0.39, 0.29) is 5.91 Å². The monoisotopic (exact) mass is 301 g/mol. The van der Waals surface area contributed by atoms with Crippen molar-refractivity contribution >= 4 is 5.91 Å². The number of nitrogens with one attached hydrogen (secondary N) is 1. The van der Waals surface area contributed by atoms with Crippen LogP contribution in [0.4, 0.5) is 0 Å². The van der Waals surface area contributed by atoms with Crippen LogP contribution in [0.2, 0.25) is 0 Å². The van der Waals surface area contributed by atoms with E-state index in [4.69, 9.17) is 11.5 Å². The Hall–Kier alpha value is -0.650. The zero-order valence-corrected chi connectivity index (χ0v) is 15.3. The van der Waals surface area contributed by atoms with E-state index in [1.807, 2.05) is 34.6 Å². The SMILES string of the molecule is CC(C)(N)CC(C)(C(=O)NCCC[N+](C)(C)C)C(C)(C)N.